The van der Waals surface area contributed by atoms with Crippen molar-refractivity contribution in [1.29, 1.82) is 0 Å². The Kier molecular flexibility index (Phi) is 3.69. The van der Waals surface area contributed by atoms with Gasteiger partial charge in [-0.05, 0) is 25.0 Å². The lowest BCUT2D eigenvalue weighted by Crippen LogP contribution is -2.12. The summed E-state index contributed by atoms with van der Waals surface area (Å²) in [4.78, 5) is 10.7. The van der Waals surface area contributed by atoms with E-state index in [4.69, 9.17) is 5.11 Å². The number of rotatable bonds is 3. The van der Waals surface area contributed by atoms with E-state index in [1.54, 1.807) is 6.92 Å². The van der Waals surface area contributed by atoms with Gasteiger partial charge in [0.25, 0.3) is 0 Å². The van der Waals surface area contributed by atoms with Crippen molar-refractivity contribution in [2.75, 3.05) is 0 Å². The SMILES string of the molecule is Cc1ccc(Br)c(C[C@H](C)C(=O)O)c1. The first-order chi connectivity index (χ1) is 6.50. The molecular formula is C11H13BrO2. The van der Waals surface area contributed by atoms with Gasteiger partial charge in [0.05, 0.1) is 5.92 Å². The molecule has 0 aliphatic carbocycles. The topological polar surface area (TPSA) is 37.3 Å². The van der Waals surface area contributed by atoms with E-state index >= 15 is 0 Å². The fourth-order valence-corrected chi connectivity index (χ4v) is 1.69. The normalized spacial score (nSPS) is 12.5. The van der Waals surface area contributed by atoms with E-state index in [9.17, 15) is 4.79 Å². The molecule has 0 radical (unpaired) electrons. The fourth-order valence-electron chi connectivity index (χ4n) is 1.28. The Labute approximate surface area is 92.1 Å². The van der Waals surface area contributed by atoms with Crippen LogP contribution in [-0.4, -0.2) is 11.1 Å². The van der Waals surface area contributed by atoms with Crippen LogP contribution in [0.5, 0.6) is 0 Å². The first kappa shape index (κ1) is 11.2. The predicted molar refractivity (Wildman–Crippen MR) is 59.4 cm³/mol. The maximum absolute atomic E-state index is 10.7. The highest BCUT2D eigenvalue weighted by Crippen LogP contribution is 2.21. The van der Waals surface area contributed by atoms with Gasteiger partial charge in [-0.2, -0.15) is 0 Å². The summed E-state index contributed by atoms with van der Waals surface area (Å²) in [6.07, 6.45) is 0.567. The summed E-state index contributed by atoms with van der Waals surface area (Å²) in [5.41, 5.74) is 2.21. The highest BCUT2D eigenvalue weighted by atomic mass is 79.9. The summed E-state index contributed by atoms with van der Waals surface area (Å²) >= 11 is 3.42. The van der Waals surface area contributed by atoms with Crippen LogP contribution in [0, 0.1) is 12.8 Å². The van der Waals surface area contributed by atoms with Crippen molar-refractivity contribution in [3.63, 3.8) is 0 Å². The zero-order chi connectivity index (χ0) is 10.7. The molecule has 2 nitrogen and oxygen atoms in total. The first-order valence-corrected chi connectivity index (χ1v) is 5.28. The second-order valence-corrected chi connectivity index (χ2v) is 4.39. The zero-order valence-electron chi connectivity index (χ0n) is 8.25. The Bertz CT molecular complexity index is 347. The molecule has 1 aromatic carbocycles. The average Bonchev–Trinajstić information content (AvgIpc) is 2.11. The van der Waals surface area contributed by atoms with Gasteiger partial charge < -0.3 is 5.11 Å². The molecule has 1 atom stereocenters. The molecule has 0 unspecified atom stereocenters. The van der Waals surface area contributed by atoms with Gasteiger partial charge in [-0.15, -0.1) is 0 Å². The highest BCUT2D eigenvalue weighted by molar-refractivity contribution is 9.10. The summed E-state index contributed by atoms with van der Waals surface area (Å²) in [6.45, 7) is 3.72. The Hall–Kier alpha value is -0.830. The molecule has 1 aromatic rings. The van der Waals surface area contributed by atoms with E-state index in [2.05, 4.69) is 15.9 Å². The number of carbonyl (C=O) groups is 1. The van der Waals surface area contributed by atoms with Gasteiger partial charge in [-0.25, -0.2) is 0 Å². The molecule has 0 heterocycles. The highest BCUT2D eigenvalue weighted by Gasteiger charge is 2.13. The van der Waals surface area contributed by atoms with E-state index in [1.165, 1.54) is 0 Å². The maximum atomic E-state index is 10.7. The number of carboxylic acid groups (broad SMARTS) is 1. The molecule has 0 aromatic heterocycles. The zero-order valence-corrected chi connectivity index (χ0v) is 9.84. The van der Waals surface area contributed by atoms with Crippen LogP contribution in [0.25, 0.3) is 0 Å². The van der Waals surface area contributed by atoms with Gasteiger partial charge in [0, 0.05) is 4.47 Å². The lowest BCUT2D eigenvalue weighted by atomic mass is 10.00. The summed E-state index contributed by atoms with van der Waals surface area (Å²) < 4.78 is 0.983. The predicted octanol–water partition coefficient (Wildman–Crippen LogP) is 3.02. The van der Waals surface area contributed by atoms with Crippen molar-refractivity contribution in [1.82, 2.24) is 0 Å². The molecule has 3 heteroatoms. The summed E-state index contributed by atoms with van der Waals surface area (Å²) in [6, 6.07) is 5.97. The molecule has 1 rings (SSSR count). The number of aryl methyl sites for hydroxylation is 1. The second kappa shape index (κ2) is 4.60. The first-order valence-electron chi connectivity index (χ1n) is 4.48. The summed E-state index contributed by atoms with van der Waals surface area (Å²) in [5, 5.41) is 8.79. The third-order valence-electron chi connectivity index (χ3n) is 2.15. The minimum atomic E-state index is -0.751. The number of aliphatic carboxylic acids is 1. The number of carboxylic acids is 1. The number of hydrogen-bond acceptors (Lipinski definition) is 1. The minimum absolute atomic E-state index is 0.340. The summed E-state index contributed by atoms with van der Waals surface area (Å²) in [5.74, 6) is -1.09. The van der Waals surface area contributed by atoms with E-state index in [0.717, 1.165) is 15.6 Å². The van der Waals surface area contributed by atoms with Crippen LogP contribution in [0.2, 0.25) is 0 Å². The molecule has 0 amide bonds. The van der Waals surface area contributed by atoms with Crippen molar-refractivity contribution in [3.8, 4) is 0 Å². The van der Waals surface area contributed by atoms with Crippen molar-refractivity contribution < 1.29 is 9.90 Å². The molecule has 14 heavy (non-hydrogen) atoms. The molecular weight excluding hydrogens is 244 g/mol. The van der Waals surface area contributed by atoms with Crippen molar-refractivity contribution in [2.45, 2.75) is 20.3 Å². The van der Waals surface area contributed by atoms with Crippen LogP contribution in [-0.2, 0) is 11.2 Å². The number of benzene rings is 1. The molecule has 0 aliphatic rings. The lowest BCUT2D eigenvalue weighted by Gasteiger charge is -2.08. The second-order valence-electron chi connectivity index (χ2n) is 3.54. The molecule has 0 spiro atoms. The van der Waals surface area contributed by atoms with Crippen LogP contribution in [0.1, 0.15) is 18.1 Å². The number of hydrogen-bond donors (Lipinski definition) is 1. The van der Waals surface area contributed by atoms with Crippen molar-refractivity contribution in [2.24, 2.45) is 5.92 Å². The lowest BCUT2D eigenvalue weighted by molar-refractivity contribution is -0.141. The Balaban J connectivity index is 2.85. The third kappa shape index (κ3) is 2.84. The quantitative estimate of drug-likeness (QED) is 0.903. The Morgan fingerprint density at radius 1 is 1.57 bits per heavy atom. The molecule has 0 saturated carbocycles. The molecule has 76 valence electrons. The fraction of sp³-hybridized carbons (Fsp3) is 0.364. The summed E-state index contributed by atoms with van der Waals surface area (Å²) in [7, 11) is 0. The smallest absolute Gasteiger partial charge is 0.306 e. The third-order valence-corrected chi connectivity index (χ3v) is 2.92. The molecule has 0 saturated heterocycles. The van der Waals surface area contributed by atoms with Gasteiger partial charge in [0.2, 0.25) is 0 Å². The molecule has 0 aliphatic heterocycles. The van der Waals surface area contributed by atoms with Gasteiger partial charge in [0.15, 0.2) is 0 Å². The minimum Gasteiger partial charge on any atom is -0.481 e. The van der Waals surface area contributed by atoms with Gasteiger partial charge in [-0.1, -0.05) is 40.5 Å². The largest absolute Gasteiger partial charge is 0.481 e. The van der Waals surface area contributed by atoms with E-state index < -0.39 is 5.97 Å². The van der Waals surface area contributed by atoms with Crippen LogP contribution in [0.3, 0.4) is 0 Å². The maximum Gasteiger partial charge on any atom is 0.306 e. The van der Waals surface area contributed by atoms with Gasteiger partial charge in [-0.3, -0.25) is 4.79 Å². The van der Waals surface area contributed by atoms with Crippen molar-refractivity contribution >= 4 is 21.9 Å². The van der Waals surface area contributed by atoms with Crippen LogP contribution < -0.4 is 0 Å². The van der Waals surface area contributed by atoms with Gasteiger partial charge in [0.1, 0.15) is 0 Å². The average molecular weight is 257 g/mol. The monoisotopic (exact) mass is 256 g/mol. The standard InChI is InChI=1S/C11H13BrO2/c1-7-3-4-10(12)9(5-7)6-8(2)11(13)14/h3-5,8H,6H2,1-2H3,(H,13,14)/t8-/m0/s1. The van der Waals surface area contributed by atoms with E-state index in [-0.39, 0.29) is 5.92 Å². The van der Waals surface area contributed by atoms with E-state index in [0.29, 0.717) is 6.42 Å². The molecule has 0 fully saturated rings. The molecule has 0 bridgehead atoms. The number of halogens is 1. The van der Waals surface area contributed by atoms with Crippen LogP contribution in [0.15, 0.2) is 22.7 Å². The van der Waals surface area contributed by atoms with Crippen LogP contribution >= 0.6 is 15.9 Å². The van der Waals surface area contributed by atoms with Crippen LogP contribution in [0.4, 0.5) is 0 Å². The van der Waals surface area contributed by atoms with Gasteiger partial charge >= 0.3 is 5.97 Å². The van der Waals surface area contributed by atoms with Crippen molar-refractivity contribution in [3.05, 3.63) is 33.8 Å². The van der Waals surface area contributed by atoms with E-state index in [1.807, 2.05) is 25.1 Å². The molecule has 1 N–H and O–H groups in total. The Morgan fingerprint density at radius 3 is 2.79 bits per heavy atom. The Morgan fingerprint density at radius 2 is 2.21 bits per heavy atom.